The number of hydrogen-bond acceptors (Lipinski definition) is 4. The molecule has 0 saturated heterocycles. The summed E-state index contributed by atoms with van der Waals surface area (Å²) < 4.78 is 5.76. The third-order valence-corrected chi connectivity index (χ3v) is 4.04. The van der Waals surface area contributed by atoms with Crippen LogP contribution in [0.3, 0.4) is 0 Å². The summed E-state index contributed by atoms with van der Waals surface area (Å²) in [5.41, 5.74) is 2.98. The third-order valence-electron chi connectivity index (χ3n) is 3.53. The molecule has 3 aromatic carbocycles. The average molecular weight is 401 g/mol. The van der Waals surface area contributed by atoms with E-state index in [0.717, 1.165) is 0 Å². The Morgan fingerprint density at radius 1 is 1.04 bits per heavy atom. The Morgan fingerprint density at radius 3 is 2.52 bits per heavy atom. The van der Waals surface area contributed by atoms with Crippen LogP contribution in [0.15, 0.2) is 71.8 Å². The predicted octanol–water partition coefficient (Wildman–Crippen LogP) is 5.26. The monoisotopic (exact) mass is 400 g/mol. The van der Waals surface area contributed by atoms with Crippen molar-refractivity contribution in [3.05, 3.63) is 87.9 Å². The molecule has 0 aliphatic rings. The molecule has 1 amide bonds. The number of carbonyl (C=O) groups is 1. The van der Waals surface area contributed by atoms with Crippen LogP contribution in [0.4, 0.5) is 0 Å². The number of rotatable bonds is 5. The van der Waals surface area contributed by atoms with Crippen LogP contribution in [0.1, 0.15) is 15.9 Å². The number of ether oxygens (including phenoxy) is 1. The number of halogens is 2. The highest BCUT2D eigenvalue weighted by Crippen LogP contribution is 2.30. The van der Waals surface area contributed by atoms with Crippen LogP contribution >= 0.6 is 23.2 Å². The summed E-state index contributed by atoms with van der Waals surface area (Å²) in [6.07, 6.45) is 1.26. The molecule has 0 atom stereocenters. The van der Waals surface area contributed by atoms with Gasteiger partial charge in [0.1, 0.15) is 17.2 Å². The number of para-hydroxylation sites is 2. The lowest BCUT2D eigenvalue weighted by molar-refractivity contribution is 0.0953. The van der Waals surface area contributed by atoms with Crippen molar-refractivity contribution >= 4 is 35.3 Å². The van der Waals surface area contributed by atoms with E-state index in [2.05, 4.69) is 10.5 Å². The van der Waals surface area contributed by atoms with Crippen molar-refractivity contribution in [1.29, 1.82) is 0 Å². The zero-order chi connectivity index (χ0) is 19.2. The highest BCUT2D eigenvalue weighted by Gasteiger charge is 2.12. The highest BCUT2D eigenvalue weighted by atomic mass is 35.5. The van der Waals surface area contributed by atoms with Gasteiger partial charge < -0.3 is 9.84 Å². The Balaban J connectivity index is 1.75. The lowest BCUT2D eigenvalue weighted by Gasteiger charge is -2.10. The molecular weight excluding hydrogens is 387 g/mol. The molecule has 136 valence electrons. The van der Waals surface area contributed by atoms with Crippen molar-refractivity contribution in [3.63, 3.8) is 0 Å². The van der Waals surface area contributed by atoms with E-state index in [4.69, 9.17) is 27.9 Å². The van der Waals surface area contributed by atoms with E-state index in [-0.39, 0.29) is 16.3 Å². The van der Waals surface area contributed by atoms with Gasteiger partial charge in [0.05, 0.1) is 16.8 Å². The lowest BCUT2D eigenvalue weighted by Crippen LogP contribution is -2.18. The summed E-state index contributed by atoms with van der Waals surface area (Å²) in [6, 6.07) is 18.8. The summed E-state index contributed by atoms with van der Waals surface area (Å²) in [5, 5.41) is 14.2. The molecule has 3 rings (SSSR count). The molecule has 3 aromatic rings. The first kappa shape index (κ1) is 18.8. The number of nitrogens with zero attached hydrogens (tertiary/aromatic N) is 1. The summed E-state index contributed by atoms with van der Waals surface area (Å²) in [7, 11) is 0. The summed E-state index contributed by atoms with van der Waals surface area (Å²) >= 11 is 11.8. The summed E-state index contributed by atoms with van der Waals surface area (Å²) in [5.74, 6) is 0.363. The van der Waals surface area contributed by atoms with Gasteiger partial charge in [0.2, 0.25) is 0 Å². The van der Waals surface area contributed by atoms with Gasteiger partial charge in [-0.25, -0.2) is 5.43 Å². The fraction of sp³-hybridized carbons (Fsp3) is 0. The van der Waals surface area contributed by atoms with Crippen LogP contribution in [-0.2, 0) is 0 Å². The van der Waals surface area contributed by atoms with Crippen molar-refractivity contribution in [2.45, 2.75) is 0 Å². The second-order valence-electron chi connectivity index (χ2n) is 5.44. The van der Waals surface area contributed by atoms with Crippen molar-refractivity contribution in [2.75, 3.05) is 0 Å². The predicted molar refractivity (Wildman–Crippen MR) is 106 cm³/mol. The fourth-order valence-corrected chi connectivity index (χ4v) is 2.77. The van der Waals surface area contributed by atoms with Crippen LogP contribution in [0.25, 0.3) is 0 Å². The van der Waals surface area contributed by atoms with E-state index in [1.165, 1.54) is 18.3 Å². The van der Waals surface area contributed by atoms with Crippen LogP contribution in [0.2, 0.25) is 10.0 Å². The molecule has 0 aliphatic heterocycles. The summed E-state index contributed by atoms with van der Waals surface area (Å²) in [6.45, 7) is 0. The maximum atomic E-state index is 12.4. The zero-order valence-corrected chi connectivity index (χ0v) is 15.4. The number of hydrogen-bond donors (Lipinski definition) is 2. The molecule has 7 heteroatoms. The largest absolute Gasteiger partial charge is 0.506 e. The average Bonchev–Trinajstić information content (AvgIpc) is 2.66. The second-order valence-corrected chi connectivity index (χ2v) is 6.28. The van der Waals surface area contributed by atoms with Crippen molar-refractivity contribution in [3.8, 4) is 17.2 Å². The van der Waals surface area contributed by atoms with Crippen LogP contribution in [0.5, 0.6) is 17.2 Å². The fourth-order valence-electron chi connectivity index (χ4n) is 2.26. The van der Waals surface area contributed by atoms with Crippen molar-refractivity contribution in [2.24, 2.45) is 5.10 Å². The van der Waals surface area contributed by atoms with Crippen molar-refractivity contribution < 1.29 is 14.6 Å². The number of amides is 1. The molecule has 2 N–H and O–H groups in total. The Labute approximate surface area is 165 Å². The van der Waals surface area contributed by atoms with Gasteiger partial charge in [-0.15, -0.1) is 0 Å². The normalized spacial score (nSPS) is 10.7. The van der Waals surface area contributed by atoms with E-state index in [9.17, 15) is 9.90 Å². The third kappa shape index (κ3) is 4.78. The van der Waals surface area contributed by atoms with Gasteiger partial charge >= 0.3 is 0 Å². The minimum atomic E-state index is -0.467. The highest BCUT2D eigenvalue weighted by molar-refractivity contribution is 6.36. The van der Waals surface area contributed by atoms with Gasteiger partial charge in [-0.1, -0.05) is 53.5 Å². The van der Waals surface area contributed by atoms with Gasteiger partial charge in [-0.2, -0.15) is 5.10 Å². The van der Waals surface area contributed by atoms with E-state index in [1.807, 2.05) is 18.2 Å². The van der Waals surface area contributed by atoms with Gasteiger partial charge in [0.25, 0.3) is 5.91 Å². The van der Waals surface area contributed by atoms with E-state index in [1.54, 1.807) is 36.4 Å². The van der Waals surface area contributed by atoms with Gasteiger partial charge in [0, 0.05) is 10.6 Å². The first-order valence-corrected chi connectivity index (χ1v) is 8.63. The Bertz CT molecular complexity index is 992. The molecule has 0 radical (unpaired) electrons. The molecule has 0 bridgehead atoms. The van der Waals surface area contributed by atoms with Crippen LogP contribution in [-0.4, -0.2) is 17.2 Å². The number of hydrazone groups is 1. The molecular formula is C20H14Cl2N2O3. The number of nitrogens with one attached hydrogen (secondary N) is 1. The first-order chi connectivity index (χ1) is 13.0. The minimum absolute atomic E-state index is 0.0943. The Kier molecular flexibility index (Phi) is 5.96. The van der Waals surface area contributed by atoms with Gasteiger partial charge in [-0.3, -0.25) is 4.79 Å². The van der Waals surface area contributed by atoms with Crippen molar-refractivity contribution in [1.82, 2.24) is 5.43 Å². The smallest absolute Gasteiger partial charge is 0.275 e. The molecule has 0 aromatic heterocycles. The van der Waals surface area contributed by atoms with Crippen LogP contribution < -0.4 is 10.2 Å². The lowest BCUT2D eigenvalue weighted by atomic mass is 10.2. The number of benzene rings is 3. The first-order valence-electron chi connectivity index (χ1n) is 7.88. The molecule has 0 saturated carbocycles. The number of aromatic hydroxyl groups is 1. The SMILES string of the molecule is O=C(N/N=C/c1cc(Cl)cc(Cl)c1O)c1ccccc1Oc1ccccc1. The zero-order valence-electron chi connectivity index (χ0n) is 13.9. The molecule has 0 spiro atoms. The molecule has 27 heavy (non-hydrogen) atoms. The van der Waals surface area contributed by atoms with E-state index in [0.29, 0.717) is 22.1 Å². The molecule has 5 nitrogen and oxygen atoms in total. The maximum absolute atomic E-state index is 12.4. The minimum Gasteiger partial charge on any atom is -0.506 e. The summed E-state index contributed by atoms with van der Waals surface area (Å²) in [4.78, 5) is 12.4. The van der Waals surface area contributed by atoms with Gasteiger partial charge in [0.15, 0.2) is 0 Å². The Hall–Kier alpha value is -3.02. The van der Waals surface area contributed by atoms with E-state index >= 15 is 0 Å². The molecule has 0 heterocycles. The van der Waals surface area contributed by atoms with Crippen LogP contribution in [0, 0.1) is 0 Å². The maximum Gasteiger partial charge on any atom is 0.275 e. The Morgan fingerprint density at radius 2 is 1.74 bits per heavy atom. The molecule has 0 aliphatic carbocycles. The standard InChI is InChI=1S/C20H14Cl2N2O3/c21-14-10-13(19(25)17(22)11-14)12-23-24-20(26)16-8-4-5-9-18(16)27-15-6-2-1-3-7-15/h1-12,25H,(H,24,26)/b23-12+. The molecule has 0 fully saturated rings. The van der Waals surface area contributed by atoms with Gasteiger partial charge in [-0.05, 0) is 36.4 Å². The second kappa shape index (κ2) is 8.58. The molecule has 0 unspecified atom stereocenters. The number of phenols is 1. The number of carbonyl (C=O) groups excluding carboxylic acids is 1. The number of phenolic OH excluding ortho intramolecular Hbond substituents is 1. The topological polar surface area (TPSA) is 70.9 Å². The quantitative estimate of drug-likeness (QED) is 0.453. The van der Waals surface area contributed by atoms with E-state index < -0.39 is 5.91 Å².